The highest BCUT2D eigenvalue weighted by Crippen LogP contribution is 2.58. The van der Waals surface area contributed by atoms with Gasteiger partial charge in [-0.05, 0) is 61.5 Å². The van der Waals surface area contributed by atoms with Gasteiger partial charge >= 0.3 is 0 Å². The van der Waals surface area contributed by atoms with Crippen molar-refractivity contribution in [3.8, 4) is 0 Å². The number of rotatable bonds is 2. The van der Waals surface area contributed by atoms with Gasteiger partial charge in [-0.1, -0.05) is 18.0 Å². The Morgan fingerprint density at radius 3 is 2.85 bits per heavy atom. The van der Waals surface area contributed by atoms with Gasteiger partial charge in [0, 0.05) is 12.2 Å². The number of carbonyl (C=O) groups excluding carboxylic acids is 1. The van der Waals surface area contributed by atoms with Crippen LogP contribution in [0.5, 0.6) is 0 Å². The maximum atomic E-state index is 12.3. The fourth-order valence-electron chi connectivity index (χ4n) is 5.00. The third kappa shape index (κ3) is 1.95. The third-order valence-electron chi connectivity index (χ3n) is 5.73. The zero-order chi connectivity index (χ0) is 13.7. The van der Waals surface area contributed by atoms with Crippen LogP contribution >= 0.6 is 11.6 Å². The molecule has 3 aliphatic carbocycles. The number of amides is 1. The summed E-state index contributed by atoms with van der Waals surface area (Å²) in [6, 6.07) is 3.79. The fraction of sp³-hybridized carbons (Fsp3) is 0.625. The van der Waals surface area contributed by atoms with Crippen molar-refractivity contribution in [2.45, 2.75) is 38.1 Å². The summed E-state index contributed by atoms with van der Waals surface area (Å²) in [6.45, 7) is 0. The minimum atomic E-state index is 0.00117. The molecule has 1 aromatic heterocycles. The molecule has 3 aliphatic rings. The number of fused-ring (bicyclic) bond motifs is 5. The van der Waals surface area contributed by atoms with Crippen molar-refractivity contribution >= 4 is 17.5 Å². The molecule has 0 spiro atoms. The highest BCUT2D eigenvalue weighted by molar-refractivity contribution is 6.29. The van der Waals surface area contributed by atoms with Crippen LogP contribution in [-0.4, -0.2) is 16.9 Å². The van der Waals surface area contributed by atoms with Gasteiger partial charge in [-0.3, -0.25) is 4.79 Å². The van der Waals surface area contributed by atoms with Crippen molar-refractivity contribution in [3.05, 3.63) is 29.0 Å². The van der Waals surface area contributed by atoms with Crippen molar-refractivity contribution in [2.75, 3.05) is 0 Å². The zero-order valence-corrected chi connectivity index (χ0v) is 12.1. The number of nitrogens with one attached hydrogen (secondary N) is 1. The van der Waals surface area contributed by atoms with Gasteiger partial charge in [0.2, 0.25) is 0 Å². The molecule has 0 unspecified atom stereocenters. The molecule has 0 aromatic carbocycles. The number of nitrogens with zero attached hydrogens (tertiary/aromatic N) is 1. The van der Waals surface area contributed by atoms with E-state index in [4.69, 9.17) is 11.6 Å². The van der Waals surface area contributed by atoms with E-state index in [1.54, 1.807) is 18.3 Å². The lowest BCUT2D eigenvalue weighted by molar-refractivity contribution is 0.0901. The van der Waals surface area contributed by atoms with Crippen molar-refractivity contribution in [2.24, 2.45) is 23.7 Å². The molecule has 106 valence electrons. The van der Waals surface area contributed by atoms with Crippen LogP contribution in [0.4, 0.5) is 0 Å². The Labute approximate surface area is 124 Å². The summed E-state index contributed by atoms with van der Waals surface area (Å²) in [4.78, 5) is 16.3. The molecule has 3 nitrogen and oxygen atoms in total. The maximum Gasteiger partial charge on any atom is 0.253 e. The number of hydrogen-bond acceptors (Lipinski definition) is 2. The summed E-state index contributed by atoms with van der Waals surface area (Å²) < 4.78 is 0. The fourth-order valence-corrected chi connectivity index (χ4v) is 5.11. The first-order valence-corrected chi connectivity index (χ1v) is 8.02. The third-order valence-corrected chi connectivity index (χ3v) is 5.96. The van der Waals surface area contributed by atoms with E-state index < -0.39 is 0 Å². The predicted octanol–water partition coefficient (Wildman–Crippen LogP) is 3.29. The molecule has 5 atom stereocenters. The Kier molecular flexibility index (Phi) is 2.99. The molecule has 0 saturated heterocycles. The normalized spacial score (nSPS) is 38.0. The molecule has 1 N–H and O–H groups in total. The Bertz CT molecular complexity index is 530. The first kappa shape index (κ1) is 12.6. The topological polar surface area (TPSA) is 42.0 Å². The summed E-state index contributed by atoms with van der Waals surface area (Å²) in [7, 11) is 0. The van der Waals surface area contributed by atoms with Gasteiger partial charge in [0.1, 0.15) is 5.15 Å². The Morgan fingerprint density at radius 2 is 2.05 bits per heavy atom. The largest absolute Gasteiger partial charge is 0.349 e. The van der Waals surface area contributed by atoms with E-state index >= 15 is 0 Å². The van der Waals surface area contributed by atoms with Crippen molar-refractivity contribution in [3.63, 3.8) is 0 Å². The van der Waals surface area contributed by atoms with Crippen LogP contribution in [-0.2, 0) is 0 Å². The summed E-state index contributed by atoms with van der Waals surface area (Å²) >= 11 is 5.76. The zero-order valence-electron chi connectivity index (χ0n) is 11.4. The molecular weight excluding hydrogens is 272 g/mol. The molecule has 1 heterocycles. The van der Waals surface area contributed by atoms with E-state index in [9.17, 15) is 4.79 Å². The van der Waals surface area contributed by atoms with Gasteiger partial charge in [0.05, 0.1) is 5.56 Å². The summed E-state index contributed by atoms with van der Waals surface area (Å²) in [5.41, 5.74) is 0.611. The van der Waals surface area contributed by atoms with Crippen LogP contribution < -0.4 is 5.32 Å². The van der Waals surface area contributed by atoms with Gasteiger partial charge in [0.15, 0.2) is 0 Å². The molecule has 2 bridgehead atoms. The quantitative estimate of drug-likeness (QED) is 0.849. The first-order valence-electron chi connectivity index (χ1n) is 7.65. The molecule has 4 rings (SSSR count). The summed E-state index contributed by atoms with van der Waals surface area (Å²) in [5.74, 6) is 3.42. The van der Waals surface area contributed by atoms with Gasteiger partial charge in [-0.25, -0.2) is 4.98 Å². The predicted molar refractivity (Wildman–Crippen MR) is 77.5 cm³/mol. The van der Waals surface area contributed by atoms with Crippen LogP contribution in [0.2, 0.25) is 5.15 Å². The van der Waals surface area contributed by atoms with E-state index in [2.05, 4.69) is 10.3 Å². The average molecular weight is 291 g/mol. The summed E-state index contributed by atoms with van der Waals surface area (Å²) in [6.07, 6.45) is 8.26. The van der Waals surface area contributed by atoms with Crippen LogP contribution in [0.3, 0.4) is 0 Å². The highest BCUT2D eigenvalue weighted by atomic mass is 35.5. The van der Waals surface area contributed by atoms with E-state index in [1.165, 1.54) is 32.1 Å². The van der Waals surface area contributed by atoms with Crippen LogP contribution in [0, 0.1) is 23.7 Å². The Balaban J connectivity index is 1.45. The molecule has 0 radical (unpaired) electrons. The van der Waals surface area contributed by atoms with E-state index in [0.717, 1.165) is 23.7 Å². The van der Waals surface area contributed by atoms with E-state index in [-0.39, 0.29) is 5.91 Å². The Morgan fingerprint density at radius 1 is 1.20 bits per heavy atom. The molecule has 3 fully saturated rings. The maximum absolute atomic E-state index is 12.3. The lowest BCUT2D eigenvalue weighted by Crippen LogP contribution is -2.42. The minimum absolute atomic E-state index is 0.00117. The number of aromatic nitrogens is 1. The van der Waals surface area contributed by atoms with E-state index in [0.29, 0.717) is 16.8 Å². The lowest BCUT2D eigenvalue weighted by atomic mass is 9.79. The molecule has 3 saturated carbocycles. The van der Waals surface area contributed by atoms with Crippen LogP contribution in [0.1, 0.15) is 42.5 Å². The van der Waals surface area contributed by atoms with Crippen molar-refractivity contribution in [1.82, 2.24) is 10.3 Å². The SMILES string of the molecule is O=C(N[C@@H]1C[C@H]2C[C@H]1[C@H]1CCC[C@@H]21)c1ccc(Cl)nc1. The summed E-state index contributed by atoms with van der Waals surface area (Å²) in [5, 5.41) is 3.66. The highest BCUT2D eigenvalue weighted by Gasteiger charge is 2.54. The molecular formula is C16H19ClN2O. The van der Waals surface area contributed by atoms with Gasteiger partial charge < -0.3 is 5.32 Å². The van der Waals surface area contributed by atoms with Gasteiger partial charge in [0.25, 0.3) is 5.91 Å². The molecule has 0 aliphatic heterocycles. The second-order valence-corrected chi connectivity index (χ2v) is 6.99. The molecule has 4 heteroatoms. The second kappa shape index (κ2) is 4.73. The van der Waals surface area contributed by atoms with E-state index in [1.807, 2.05) is 0 Å². The van der Waals surface area contributed by atoms with Gasteiger partial charge in [-0.2, -0.15) is 0 Å². The smallest absolute Gasteiger partial charge is 0.253 e. The molecule has 1 amide bonds. The number of hydrogen-bond donors (Lipinski definition) is 1. The average Bonchev–Trinajstić information content (AvgIpc) is 3.11. The van der Waals surface area contributed by atoms with Gasteiger partial charge in [-0.15, -0.1) is 0 Å². The number of halogens is 1. The standard InChI is InChI=1S/C16H19ClN2O/c17-15-5-4-9(8-18-15)16(20)19-14-7-10-6-13(14)12-3-1-2-11(10)12/h4-5,8,10-14H,1-3,6-7H2,(H,19,20)/t10-,11+,12+,13+,14-/m1/s1. The Hall–Kier alpha value is -1.09. The number of pyridine rings is 1. The second-order valence-electron chi connectivity index (χ2n) is 6.60. The van der Waals surface area contributed by atoms with Crippen molar-refractivity contribution < 1.29 is 4.79 Å². The van der Waals surface area contributed by atoms with Crippen molar-refractivity contribution in [1.29, 1.82) is 0 Å². The van der Waals surface area contributed by atoms with Crippen LogP contribution in [0.15, 0.2) is 18.3 Å². The monoisotopic (exact) mass is 290 g/mol. The minimum Gasteiger partial charge on any atom is -0.349 e. The van der Waals surface area contributed by atoms with Crippen LogP contribution in [0.25, 0.3) is 0 Å². The first-order chi connectivity index (χ1) is 9.72. The molecule has 20 heavy (non-hydrogen) atoms. The molecule has 1 aromatic rings. The number of carbonyl (C=O) groups is 1. The lowest BCUT2D eigenvalue weighted by Gasteiger charge is -2.32.